The zero-order chi connectivity index (χ0) is 12.7. The Morgan fingerprint density at radius 3 is 2.76 bits per heavy atom. The Balaban J connectivity index is 2.36. The van der Waals surface area contributed by atoms with Gasteiger partial charge in [-0.2, -0.15) is 16.9 Å². The van der Waals surface area contributed by atoms with Crippen molar-refractivity contribution in [1.82, 2.24) is 15.1 Å². The summed E-state index contributed by atoms with van der Waals surface area (Å²) >= 11 is 2.04. The molecule has 0 saturated heterocycles. The van der Waals surface area contributed by atoms with E-state index in [9.17, 15) is 0 Å². The van der Waals surface area contributed by atoms with Crippen molar-refractivity contribution >= 4 is 11.8 Å². The molecule has 1 aromatic rings. The molecule has 0 radical (unpaired) electrons. The first-order chi connectivity index (χ1) is 8.13. The van der Waals surface area contributed by atoms with Gasteiger partial charge in [0.1, 0.15) is 0 Å². The standard InChI is InChI=1S/C13H25N3S/c1-5-14-12(10-17-11(2)3)6-7-13-8-9-15-16(13)4/h8-9,11-12,14H,5-7,10H2,1-4H3. The minimum absolute atomic E-state index is 0.613. The highest BCUT2D eigenvalue weighted by atomic mass is 32.2. The lowest BCUT2D eigenvalue weighted by Crippen LogP contribution is -2.32. The summed E-state index contributed by atoms with van der Waals surface area (Å²) in [4.78, 5) is 0. The molecule has 1 unspecified atom stereocenters. The van der Waals surface area contributed by atoms with E-state index in [1.165, 1.54) is 17.9 Å². The quantitative estimate of drug-likeness (QED) is 0.774. The number of aryl methyl sites for hydroxylation is 2. The molecular formula is C13H25N3S. The Labute approximate surface area is 109 Å². The molecule has 0 fully saturated rings. The highest BCUT2D eigenvalue weighted by Gasteiger charge is 2.10. The third-order valence-corrected chi connectivity index (χ3v) is 4.06. The molecule has 0 aliphatic carbocycles. The van der Waals surface area contributed by atoms with E-state index in [1.54, 1.807) is 0 Å². The summed E-state index contributed by atoms with van der Waals surface area (Å²) in [5.74, 6) is 1.20. The minimum Gasteiger partial charge on any atom is -0.313 e. The first kappa shape index (κ1) is 14.6. The molecule has 98 valence electrons. The van der Waals surface area contributed by atoms with E-state index in [0.717, 1.165) is 13.0 Å². The number of aromatic nitrogens is 2. The summed E-state index contributed by atoms with van der Waals surface area (Å²) in [7, 11) is 2.01. The van der Waals surface area contributed by atoms with Crippen molar-refractivity contribution in [2.24, 2.45) is 7.05 Å². The average Bonchev–Trinajstić information content (AvgIpc) is 2.68. The number of nitrogens with zero attached hydrogens (tertiary/aromatic N) is 2. The van der Waals surface area contributed by atoms with E-state index in [1.807, 2.05) is 29.7 Å². The second kappa shape index (κ2) is 7.77. The lowest BCUT2D eigenvalue weighted by Gasteiger charge is -2.18. The predicted octanol–water partition coefficient (Wildman–Crippen LogP) is 2.47. The summed E-state index contributed by atoms with van der Waals surface area (Å²) in [6, 6.07) is 2.72. The predicted molar refractivity (Wildman–Crippen MR) is 76.6 cm³/mol. The molecule has 1 rings (SSSR count). The molecular weight excluding hydrogens is 230 g/mol. The van der Waals surface area contributed by atoms with Gasteiger partial charge in [-0.25, -0.2) is 0 Å². The van der Waals surface area contributed by atoms with Crippen LogP contribution in [0.15, 0.2) is 12.3 Å². The second-order valence-electron chi connectivity index (χ2n) is 4.62. The largest absolute Gasteiger partial charge is 0.313 e. The van der Waals surface area contributed by atoms with Gasteiger partial charge >= 0.3 is 0 Å². The van der Waals surface area contributed by atoms with Crippen molar-refractivity contribution in [1.29, 1.82) is 0 Å². The van der Waals surface area contributed by atoms with Crippen LogP contribution in [-0.4, -0.2) is 33.4 Å². The molecule has 0 aliphatic heterocycles. The monoisotopic (exact) mass is 255 g/mol. The van der Waals surface area contributed by atoms with E-state index < -0.39 is 0 Å². The summed E-state index contributed by atoms with van der Waals surface area (Å²) in [5, 5.41) is 8.49. The lowest BCUT2D eigenvalue weighted by molar-refractivity contribution is 0.526. The van der Waals surface area contributed by atoms with Crippen molar-refractivity contribution in [3.05, 3.63) is 18.0 Å². The van der Waals surface area contributed by atoms with Crippen molar-refractivity contribution in [3.63, 3.8) is 0 Å². The van der Waals surface area contributed by atoms with Crippen molar-refractivity contribution in [2.45, 2.75) is 44.9 Å². The summed E-state index contributed by atoms with van der Waals surface area (Å²) < 4.78 is 1.97. The normalized spacial score (nSPS) is 13.2. The Kier molecular flexibility index (Phi) is 6.66. The van der Waals surface area contributed by atoms with Crippen molar-refractivity contribution in [2.75, 3.05) is 12.3 Å². The van der Waals surface area contributed by atoms with Gasteiger partial charge in [0.2, 0.25) is 0 Å². The third kappa shape index (κ3) is 5.59. The summed E-state index contributed by atoms with van der Waals surface area (Å²) in [5.41, 5.74) is 1.32. The topological polar surface area (TPSA) is 29.9 Å². The number of hydrogen-bond acceptors (Lipinski definition) is 3. The number of thioether (sulfide) groups is 1. The Bertz CT molecular complexity index is 309. The SMILES string of the molecule is CCNC(CCc1ccnn1C)CSC(C)C. The number of rotatable bonds is 8. The third-order valence-electron chi connectivity index (χ3n) is 2.79. The van der Waals surface area contributed by atoms with Crippen LogP contribution in [0.2, 0.25) is 0 Å². The van der Waals surface area contributed by atoms with E-state index in [0.29, 0.717) is 11.3 Å². The Morgan fingerprint density at radius 2 is 2.24 bits per heavy atom. The molecule has 1 aromatic heterocycles. The van der Waals surface area contributed by atoms with Crippen molar-refractivity contribution < 1.29 is 0 Å². The molecule has 1 heterocycles. The molecule has 0 saturated carbocycles. The van der Waals surface area contributed by atoms with Gasteiger partial charge < -0.3 is 5.32 Å². The molecule has 17 heavy (non-hydrogen) atoms. The van der Waals surface area contributed by atoms with Crippen LogP contribution in [0.4, 0.5) is 0 Å². The highest BCUT2D eigenvalue weighted by molar-refractivity contribution is 7.99. The van der Waals surface area contributed by atoms with E-state index in [-0.39, 0.29) is 0 Å². The van der Waals surface area contributed by atoms with Gasteiger partial charge in [0, 0.05) is 30.7 Å². The zero-order valence-corrected chi connectivity index (χ0v) is 12.3. The maximum absolute atomic E-state index is 4.21. The lowest BCUT2D eigenvalue weighted by atomic mass is 10.1. The van der Waals surface area contributed by atoms with Gasteiger partial charge in [-0.3, -0.25) is 4.68 Å². The first-order valence-electron chi connectivity index (χ1n) is 6.45. The highest BCUT2D eigenvalue weighted by Crippen LogP contribution is 2.14. The number of nitrogens with one attached hydrogen (secondary N) is 1. The van der Waals surface area contributed by atoms with Crippen LogP contribution in [0.5, 0.6) is 0 Å². The molecule has 0 bridgehead atoms. The van der Waals surface area contributed by atoms with Gasteiger partial charge in [-0.1, -0.05) is 20.8 Å². The van der Waals surface area contributed by atoms with Crippen LogP contribution in [-0.2, 0) is 13.5 Å². The fourth-order valence-corrected chi connectivity index (χ4v) is 2.71. The van der Waals surface area contributed by atoms with Crippen LogP contribution in [0.25, 0.3) is 0 Å². The van der Waals surface area contributed by atoms with Gasteiger partial charge in [0.15, 0.2) is 0 Å². The second-order valence-corrected chi connectivity index (χ2v) is 6.23. The molecule has 4 heteroatoms. The first-order valence-corrected chi connectivity index (χ1v) is 7.50. The van der Waals surface area contributed by atoms with Crippen molar-refractivity contribution in [3.8, 4) is 0 Å². The van der Waals surface area contributed by atoms with Crippen LogP contribution < -0.4 is 5.32 Å². The minimum atomic E-state index is 0.613. The molecule has 1 atom stereocenters. The average molecular weight is 255 g/mol. The summed E-state index contributed by atoms with van der Waals surface area (Å²) in [6.45, 7) is 7.75. The summed E-state index contributed by atoms with van der Waals surface area (Å²) in [6.07, 6.45) is 4.17. The fraction of sp³-hybridized carbons (Fsp3) is 0.769. The van der Waals surface area contributed by atoms with Gasteiger partial charge in [0.05, 0.1) is 0 Å². The maximum Gasteiger partial charge on any atom is 0.0492 e. The van der Waals surface area contributed by atoms with Crippen LogP contribution in [0, 0.1) is 0 Å². The van der Waals surface area contributed by atoms with E-state index in [4.69, 9.17) is 0 Å². The van der Waals surface area contributed by atoms with E-state index in [2.05, 4.69) is 37.3 Å². The van der Waals surface area contributed by atoms with Crippen LogP contribution >= 0.6 is 11.8 Å². The smallest absolute Gasteiger partial charge is 0.0492 e. The fourth-order valence-electron chi connectivity index (χ4n) is 1.81. The van der Waals surface area contributed by atoms with Gasteiger partial charge in [-0.15, -0.1) is 0 Å². The molecule has 0 spiro atoms. The van der Waals surface area contributed by atoms with E-state index >= 15 is 0 Å². The molecule has 0 aromatic carbocycles. The molecule has 0 amide bonds. The molecule has 0 aliphatic rings. The molecule has 3 nitrogen and oxygen atoms in total. The van der Waals surface area contributed by atoms with Crippen LogP contribution in [0.3, 0.4) is 0 Å². The van der Waals surface area contributed by atoms with Gasteiger partial charge in [0.25, 0.3) is 0 Å². The Hall–Kier alpha value is -0.480. The van der Waals surface area contributed by atoms with Gasteiger partial charge in [-0.05, 0) is 30.7 Å². The number of hydrogen-bond donors (Lipinski definition) is 1. The zero-order valence-electron chi connectivity index (χ0n) is 11.4. The van der Waals surface area contributed by atoms with Crippen LogP contribution in [0.1, 0.15) is 32.9 Å². The Morgan fingerprint density at radius 1 is 1.47 bits per heavy atom. The molecule has 1 N–H and O–H groups in total. The maximum atomic E-state index is 4.21.